The van der Waals surface area contributed by atoms with Gasteiger partial charge in [-0.25, -0.2) is 16.8 Å². The molecule has 0 unspecified atom stereocenters. The second-order valence-corrected chi connectivity index (χ2v) is 9.23. The van der Waals surface area contributed by atoms with Gasteiger partial charge in [0.25, 0.3) is 9.05 Å². The molecule has 0 fully saturated rings. The number of halogens is 1. The number of aryl methyl sites for hydroxylation is 2. The first-order chi connectivity index (χ1) is 8.58. The third-order valence-electron chi connectivity index (χ3n) is 2.82. The van der Waals surface area contributed by atoms with Crippen LogP contribution in [0.15, 0.2) is 4.90 Å². The van der Waals surface area contributed by atoms with Gasteiger partial charge >= 0.3 is 0 Å². The first kappa shape index (κ1) is 16.5. The molecule has 0 aromatic carbocycles. The first-order valence-corrected chi connectivity index (χ1v) is 9.90. The van der Waals surface area contributed by atoms with Gasteiger partial charge in [0.1, 0.15) is 14.7 Å². The van der Waals surface area contributed by atoms with Crippen LogP contribution in [0.25, 0.3) is 0 Å². The van der Waals surface area contributed by atoms with Gasteiger partial charge < -0.3 is 0 Å². The molecule has 0 aliphatic rings. The molecule has 0 bridgehead atoms. The van der Waals surface area contributed by atoms with Crippen LogP contribution in [0.2, 0.25) is 0 Å². The van der Waals surface area contributed by atoms with Crippen LogP contribution in [0.1, 0.15) is 24.7 Å². The number of sulfone groups is 1. The van der Waals surface area contributed by atoms with Crippen LogP contribution in [0.4, 0.5) is 0 Å². The molecular formula is C10H17ClN2O4S2. The Morgan fingerprint density at radius 1 is 1.21 bits per heavy atom. The molecule has 0 aliphatic carbocycles. The maximum absolute atomic E-state index is 11.4. The normalized spacial score (nSPS) is 12.8. The Hall–Kier alpha value is -0.600. The average Bonchev–Trinajstić information content (AvgIpc) is 2.53. The molecule has 19 heavy (non-hydrogen) atoms. The summed E-state index contributed by atoms with van der Waals surface area (Å²) < 4.78 is 47.0. The van der Waals surface area contributed by atoms with E-state index < -0.39 is 18.9 Å². The van der Waals surface area contributed by atoms with Gasteiger partial charge in [0.2, 0.25) is 0 Å². The van der Waals surface area contributed by atoms with Crippen LogP contribution in [-0.2, 0) is 25.4 Å². The quantitative estimate of drug-likeness (QED) is 0.734. The highest BCUT2D eigenvalue weighted by Gasteiger charge is 2.22. The summed E-state index contributed by atoms with van der Waals surface area (Å²) in [5.74, 6) is 0.163. The van der Waals surface area contributed by atoms with Crippen molar-refractivity contribution in [2.24, 2.45) is 0 Å². The highest BCUT2D eigenvalue weighted by molar-refractivity contribution is 8.13. The van der Waals surface area contributed by atoms with Crippen LogP contribution in [-0.4, -0.2) is 38.1 Å². The van der Waals surface area contributed by atoms with Crippen molar-refractivity contribution in [3.63, 3.8) is 0 Å². The third-order valence-corrected chi connectivity index (χ3v) is 6.16. The molecule has 1 aromatic heterocycles. The zero-order valence-electron chi connectivity index (χ0n) is 11.1. The van der Waals surface area contributed by atoms with Gasteiger partial charge in [-0.15, -0.1) is 0 Å². The van der Waals surface area contributed by atoms with Gasteiger partial charge in [-0.2, -0.15) is 5.10 Å². The largest absolute Gasteiger partial charge is 0.268 e. The molecule has 0 N–H and O–H groups in total. The molecule has 0 amide bonds. The second-order valence-electron chi connectivity index (χ2n) is 4.25. The van der Waals surface area contributed by atoms with E-state index in [2.05, 4.69) is 5.10 Å². The second kappa shape index (κ2) is 5.80. The Morgan fingerprint density at radius 2 is 1.79 bits per heavy atom. The Bertz CT molecular complexity index is 662. The summed E-state index contributed by atoms with van der Waals surface area (Å²) in [4.78, 5) is 0.00696. The fraction of sp³-hybridized carbons (Fsp3) is 0.700. The lowest BCUT2D eigenvalue weighted by molar-refractivity contribution is 0.562. The van der Waals surface area contributed by atoms with E-state index in [1.165, 1.54) is 4.68 Å². The smallest absolute Gasteiger partial charge is 0.264 e. The number of rotatable bonds is 6. The average molecular weight is 329 g/mol. The molecule has 110 valence electrons. The maximum Gasteiger partial charge on any atom is 0.264 e. The summed E-state index contributed by atoms with van der Waals surface area (Å²) in [6.45, 7) is 5.10. The maximum atomic E-state index is 11.4. The monoisotopic (exact) mass is 328 g/mol. The summed E-state index contributed by atoms with van der Waals surface area (Å²) in [7, 11) is -1.52. The molecule has 0 radical (unpaired) electrons. The molecule has 0 atom stereocenters. The molecule has 0 aliphatic heterocycles. The fourth-order valence-corrected chi connectivity index (χ4v) is 4.21. The van der Waals surface area contributed by atoms with Crippen LogP contribution in [0.3, 0.4) is 0 Å². The third kappa shape index (κ3) is 4.19. The van der Waals surface area contributed by atoms with E-state index in [9.17, 15) is 16.8 Å². The zero-order chi connectivity index (χ0) is 14.8. The van der Waals surface area contributed by atoms with Gasteiger partial charge in [0, 0.05) is 23.0 Å². The molecule has 6 nitrogen and oxygen atoms in total. The van der Waals surface area contributed by atoms with Crippen molar-refractivity contribution in [2.75, 3.05) is 11.5 Å². The summed E-state index contributed by atoms with van der Waals surface area (Å²) in [5, 5.41) is 4.08. The van der Waals surface area contributed by atoms with Gasteiger partial charge in [0.15, 0.2) is 0 Å². The molecule has 0 saturated heterocycles. The van der Waals surface area contributed by atoms with Crippen LogP contribution in [0.5, 0.6) is 0 Å². The number of hydrogen-bond acceptors (Lipinski definition) is 5. The fourth-order valence-electron chi connectivity index (χ4n) is 1.83. The zero-order valence-corrected chi connectivity index (χ0v) is 13.4. The Balaban J connectivity index is 2.88. The van der Waals surface area contributed by atoms with E-state index in [4.69, 9.17) is 10.7 Å². The van der Waals surface area contributed by atoms with Gasteiger partial charge in [-0.1, -0.05) is 6.92 Å². The summed E-state index contributed by atoms with van der Waals surface area (Å²) in [6, 6.07) is 0. The first-order valence-electron chi connectivity index (χ1n) is 5.77. The molecule has 1 aromatic rings. The highest BCUT2D eigenvalue weighted by Crippen LogP contribution is 2.23. The van der Waals surface area contributed by atoms with Crippen molar-refractivity contribution < 1.29 is 16.8 Å². The van der Waals surface area contributed by atoms with Crippen molar-refractivity contribution in [3.05, 3.63) is 11.4 Å². The lowest BCUT2D eigenvalue weighted by Crippen LogP contribution is -2.12. The minimum atomic E-state index is -3.83. The van der Waals surface area contributed by atoms with Crippen LogP contribution in [0, 0.1) is 13.8 Å². The van der Waals surface area contributed by atoms with Gasteiger partial charge in [-0.05, 0) is 20.3 Å². The standard InChI is InChI=1S/C10H17ClN2O4S2/c1-4-18(14,15)7-5-6-13-9(3)10(8(2)12-13)19(11,16)17/h4-7H2,1-3H3. The Morgan fingerprint density at radius 3 is 2.21 bits per heavy atom. The summed E-state index contributed by atoms with van der Waals surface area (Å²) >= 11 is 0. The van der Waals surface area contributed by atoms with E-state index in [1.54, 1.807) is 20.8 Å². The van der Waals surface area contributed by atoms with Crippen molar-refractivity contribution in [2.45, 2.75) is 38.6 Å². The summed E-state index contributed by atoms with van der Waals surface area (Å²) in [6.07, 6.45) is 0.389. The van der Waals surface area contributed by atoms with Crippen molar-refractivity contribution in [1.29, 1.82) is 0 Å². The minimum absolute atomic E-state index is 0.00696. The van der Waals surface area contributed by atoms with Gasteiger partial charge in [-0.3, -0.25) is 4.68 Å². The molecule has 9 heteroatoms. The van der Waals surface area contributed by atoms with Gasteiger partial charge in [0.05, 0.1) is 17.1 Å². The molecule has 0 spiro atoms. The lowest BCUT2D eigenvalue weighted by atomic mass is 10.4. The molecule has 1 heterocycles. The lowest BCUT2D eigenvalue weighted by Gasteiger charge is -2.04. The van der Waals surface area contributed by atoms with Crippen molar-refractivity contribution in [1.82, 2.24) is 9.78 Å². The number of nitrogens with zero attached hydrogens (tertiary/aromatic N) is 2. The Labute approximate surface area is 118 Å². The minimum Gasteiger partial charge on any atom is -0.268 e. The molecular weight excluding hydrogens is 312 g/mol. The van der Waals surface area contributed by atoms with E-state index in [1.807, 2.05) is 0 Å². The van der Waals surface area contributed by atoms with E-state index >= 15 is 0 Å². The van der Waals surface area contributed by atoms with Crippen molar-refractivity contribution >= 4 is 29.6 Å². The van der Waals surface area contributed by atoms with Crippen molar-refractivity contribution in [3.8, 4) is 0 Å². The molecule has 1 rings (SSSR count). The van der Waals surface area contributed by atoms with E-state index in [0.717, 1.165) is 0 Å². The van der Waals surface area contributed by atoms with Crippen LogP contribution >= 0.6 is 10.7 Å². The number of aromatic nitrogens is 2. The topological polar surface area (TPSA) is 86.1 Å². The number of hydrogen-bond donors (Lipinski definition) is 0. The molecule has 0 saturated carbocycles. The predicted octanol–water partition coefficient (Wildman–Crippen LogP) is 1.25. The van der Waals surface area contributed by atoms with E-state index in [-0.39, 0.29) is 16.4 Å². The Kier molecular flexibility index (Phi) is 5.02. The highest BCUT2D eigenvalue weighted by atomic mass is 35.7. The van der Waals surface area contributed by atoms with E-state index in [0.29, 0.717) is 24.4 Å². The SMILES string of the molecule is CCS(=O)(=O)CCCn1nc(C)c(S(=O)(=O)Cl)c1C. The summed E-state index contributed by atoms with van der Waals surface area (Å²) in [5.41, 5.74) is 0.757. The predicted molar refractivity (Wildman–Crippen MR) is 73.7 cm³/mol. The van der Waals surface area contributed by atoms with Crippen LogP contribution < -0.4 is 0 Å².